The van der Waals surface area contributed by atoms with Crippen LogP contribution < -0.4 is 11.5 Å². The second-order valence-electron chi connectivity index (χ2n) is 9.22. The number of benzene rings is 1. The molecule has 0 saturated heterocycles. The smallest absolute Gasteiger partial charge is 0.228 e. The van der Waals surface area contributed by atoms with Gasteiger partial charge in [-0.25, -0.2) is 19.8 Å². The number of aliphatic hydroxyl groups is 2. The van der Waals surface area contributed by atoms with Crippen molar-refractivity contribution in [2.75, 3.05) is 11.5 Å². The quantitative estimate of drug-likeness (QED) is 0.357. The van der Waals surface area contributed by atoms with Crippen molar-refractivity contribution >= 4 is 39.3 Å². The van der Waals surface area contributed by atoms with Gasteiger partial charge < -0.3 is 26.2 Å². The second kappa shape index (κ2) is 6.88. The van der Waals surface area contributed by atoms with Gasteiger partial charge in [0.1, 0.15) is 29.7 Å². The van der Waals surface area contributed by atoms with E-state index in [4.69, 9.17) is 18.0 Å². The summed E-state index contributed by atoms with van der Waals surface area (Å²) in [5, 5.41) is 23.6. The SMILES string of the molecule is [C-]#[N+]c1cc2ccc(CCC34C[C@@H]3[C@@H](n3ccc5c(N)ncnc53)[C@H](O)[C@@H]4O)cc2nc1N. The van der Waals surface area contributed by atoms with Gasteiger partial charge in [0.25, 0.3) is 0 Å². The molecule has 0 amide bonds. The van der Waals surface area contributed by atoms with E-state index in [-0.39, 0.29) is 23.2 Å². The minimum Gasteiger partial charge on any atom is -0.392 e. The Morgan fingerprint density at radius 1 is 1.15 bits per heavy atom. The molecule has 3 heterocycles. The summed E-state index contributed by atoms with van der Waals surface area (Å²) >= 11 is 0. The minimum atomic E-state index is -0.874. The van der Waals surface area contributed by atoms with Gasteiger partial charge in [0.05, 0.1) is 29.6 Å². The lowest BCUT2D eigenvalue weighted by Gasteiger charge is -2.24. The van der Waals surface area contributed by atoms with Gasteiger partial charge in [-0.2, -0.15) is 0 Å². The van der Waals surface area contributed by atoms with E-state index in [1.807, 2.05) is 35.0 Å². The molecule has 6 N–H and O–H groups in total. The molecule has 166 valence electrons. The van der Waals surface area contributed by atoms with Crippen molar-refractivity contribution in [3.05, 3.63) is 59.8 Å². The van der Waals surface area contributed by atoms with Gasteiger partial charge in [-0.1, -0.05) is 12.1 Å². The summed E-state index contributed by atoms with van der Waals surface area (Å²) in [6, 6.07) is 9.32. The van der Waals surface area contributed by atoms with Gasteiger partial charge in [0.15, 0.2) is 0 Å². The van der Waals surface area contributed by atoms with Crippen molar-refractivity contribution in [3.8, 4) is 0 Å². The maximum Gasteiger partial charge on any atom is 0.228 e. The van der Waals surface area contributed by atoms with E-state index in [1.54, 1.807) is 6.07 Å². The molecule has 4 aromatic rings. The van der Waals surface area contributed by atoms with Gasteiger partial charge >= 0.3 is 0 Å². The zero-order valence-electron chi connectivity index (χ0n) is 17.8. The highest BCUT2D eigenvalue weighted by Crippen LogP contribution is 2.69. The maximum atomic E-state index is 11.0. The van der Waals surface area contributed by atoms with Crippen LogP contribution in [-0.2, 0) is 6.42 Å². The molecule has 5 atom stereocenters. The Kier molecular flexibility index (Phi) is 4.15. The van der Waals surface area contributed by atoms with E-state index in [0.29, 0.717) is 17.2 Å². The van der Waals surface area contributed by atoms with Gasteiger partial charge in [-0.15, -0.1) is 0 Å². The van der Waals surface area contributed by atoms with Crippen LogP contribution in [0.5, 0.6) is 0 Å². The number of hydrogen-bond donors (Lipinski definition) is 4. The van der Waals surface area contributed by atoms with Crippen LogP contribution >= 0.6 is 0 Å². The Hall–Kier alpha value is -3.74. The molecule has 2 saturated carbocycles. The third-order valence-corrected chi connectivity index (χ3v) is 7.60. The number of pyridine rings is 1. The lowest BCUT2D eigenvalue weighted by molar-refractivity contribution is -0.0191. The first-order valence-corrected chi connectivity index (χ1v) is 10.9. The van der Waals surface area contributed by atoms with Crippen molar-refractivity contribution in [2.24, 2.45) is 11.3 Å². The summed E-state index contributed by atoms with van der Waals surface area (Å²) < 4.78 is 1.94. The molecule has 0 bridgehead atoms. The number of nitrogens with zero attached hydrogens (tertiary/aromatic N) is 5. The number of hydrogen-bond acceptors (Lipinski definition) is 7. The highest BCUT2D eigenvalue weighted by atomic mass is 16.3. The van der Waals surface area contributed by atoms with E-state index in [0.717, 1.165) is 41.1 Å². The predicted molar refractivity (Wildman–Crippen MR) is 124 cm³/mol. The predicted octanol–water partition coefficient (Wildman–Crippen LogP) is 2.61. The summed E-state index contributed by atoms with van der Waals surface area (Å²) in [5.74, 6) is 0.795. The summed E-state index contributed by atoms with van der Waals surface area (Å²) in [6.07, 6.45) is 3.97. The van der Waals surface area contributed by atoms with E-state index in [1.165, 1.54) is 6.33 Å². The number of aryl methyl sites for hydroxylation is 1. The van der Waals surface area contributed by atoms with Gasteiger partial charge in [0.2, 0.25) is 5.69 Å². The molecular formula is C24H23N7O2. The molecule has 0 radical (unpaired) electrons. The molecule has 9 nitrogen and oxygen atoms in total. The normalized spacial score (nSPS) is 28.2. The molecule has 1 unspecified atom stereocenters. The number of anilines is 2. The first-order valence-electron chi connectivity index (χ1n) is 10.9. The topological polar surface area (TPSA) is 140 Å². The van der Waals surface area contributed by atoms with Crippen LogP contribution in [0.25, 0.3) is 26.8 Å². The number of aliphatic hydroxyl groups excluding tert-OH is 2. The Morgan fingerprint density at radius 3 is 2.82 bits per heavy atom. The van der Waals surface area contributed by atoms with E-state index in [9.17, 15) is 10.2 Å². The molecule has 0 spiro atoms. The molecule has 2 fully saturated rings. The molecule has 33 heavy (non-hydrogen) atoms. The Morgan fingerprint density at radius 2 is 2.00 bits per heavy atom. The van der Waals surface area contributed by atoms with E-state index >= 15 is 0 Å². The van der Waals surface area contributed by atoms with Crippen molar-refractivity contribution in [1.82, 2.24) is 19.5 Å². The average molecular weight is 441 g/mol. The molecule has 1 aromatic carbocycles. The number of fused-ring (bicyclic) bond motifs is 3. The number of rotatable bonds is 4. The Bertz CT molecular complexity index is 1460. The zero-order valence-corrected chi connectivity index (χ0v) is 17.8. The van der Waals surface area contributed by atoms with Gasteiger partial charge in [-0.05, 0) is 54.3 Å². The highest BCUT2D eigenvalue weighted by molar-refractivity contribution is 5.87. The van der Waals surface area contributed by atoms with Crippen LogP contribution in [0.4, 0.5) is 17.3 Å². The monoisotopic (exact) mass is 441 g/mol. The summed E-state index contributed by atoms with van der Waals surface area (Å²) in [4.78, 5) is 16.2. The number of nitrogen functional groups attached to an aromatic ring is 2. The van der Waals surface area contributed by atoms with Crippen LogP contribution in [0, 0.1) is 17.9 Å². The fourth-order valence-corrected chi connectivity index (χ4v) is 5.78. The first kappa shape index (κ1) is 19.9. The van der Waals surface area contributed by atoms with Crippen LogP contribution in [0.1, 0.15) is 24.4 Å². The second-order valence-corrected chi connectivity index (χ2v) is 9.22. The maximum absolute atomic E-state index is 11.0. The molecule has 6 rings (SSSR count). The lowest BCUT2D eigenvalue weighted by atomic mass is 9.91. The summed E-state index contributed by atoms with van der Waals surface area (Å²) in [6.45, 7) is 7.19. The Balaban J connectivity index is 1.26. The fraction of sp³-hybridized carbons (Fsp3) is 0.333. The highest BCUT2D eigenvalue weighted by Gasteiger charge is 2.70. The Labute approximate surface area is 189 Å². The van der Waals surface area contributed by atoms with Crippen LogP contribution in [0.15, 0.2) is 42.9 Å². The summed E-state index contributed by atoms with van der Waals surface area (Å²) in [7, 11) is 0. The molecule has 3 aromatic heterocycles. The van der Waals surface area contributed by atoms with Gasteiger partial charge in [0, 0.05) is 11.6 Å². The van der Waals surface area contributed by atoms with Crippen molar-refractivity contribution in [3.63, 3.8) is 0 Å². The molecule has 0 aliphatic heterocycles. The summed E-state index contributed by atoms with van der Waals surface area (Å²) in [5.41, 5.74) is 14.4. The molecular weight excluding hydrogens is 418 g/mol. The van der Waals surface area contributed by atoms with Crippen LogP contribution in [0.2, 0.25) is 0 Å². The van der Waals surface area contributed by atoms with E-state index in [2.05, 4.69) is 19.8 Å². The molecule has 9 heteroatoms. The van der Waals surface area contributed by atoms with Crippen molar-refractivity contribution < 1.29 is 10.2 Å². The van der Waals surface area contributed by atoms with Crippen molar-refractivity contribution in [2.45, 2.75) is 37.5 Å². The minimum absolute atomic E-state index is 0.157. The van der Waals surface area contributed by atoms with Crippen molar-refractivity contribution in [1.29, 1.82) is 0 Å². The molecule has 2 aliphatic rings. The third-order valence-electron chi connectivity index (χ3n) is 7.60. The van der Waals surface area contributed by atoms with Crippen LogP contribution in [0.3, 0.4) is 0 Å². The lowest BCUT2D eigenvalue weighted by Crippen LogP contribution is -2.34. The third kappa shape index (κ3) is 2.81. The fourth-order valence-electron chi connectivity index (χ4n) is 5.78. The first-order chi connectivity index (χ1) is 15.9. The zero-order chi connectivity index (χ0) is 22.9. The van der Waals surface area contributed by atoms with Gasteiger partial charge in [-0.3, -0.25) is 0 Å². The number of aromatic nitrogens is 4. The largest absolute Gasteiger partial charge is 0.392 e. The van der Waals surface area contributed by atoms with Crippen LogP contribution in [-0.4, -0.2) is 41.9 Å². The number of nitrogens with two attached hydrogens (primary N) is 2. The van der Waals surface area contributed by atoms with E-state index < -0.39 is 12.2 Å². The average Bonchev–Trinajstić information content (AvgIpc) is 3.30. The molecule has 2 aliphatic carbocycles. The standard InChI is InChI=1S/C24H23N7O2/c1-27-17-9-13-3-2-12(8-16(13)30-22(17)26)4-6-24-10-15(24)18(19(32)20(24)33)31-7-5-14-21(25)28-11-29-23(14)31/h2-3,5,7-9,11,15,18-20,32-33H,4,6,10H2,(H2,26,30)(H2,25,28,29)/t15-,18-,19+,20+,24?/m1/s1.